The van der Waals surface area contributed by atoms with E-state index in [-0.39, 0.29) is 17.4 Å². The molecule has 0 radical (unpaired) electrons. The molecule has 2 saturated heterocycles. The van der Waals surface area contributed by atoms with Crippen LogP contribution in [0.1, 0.15) is 78.9 Å². The first-order valence-corrected chi connectivity index (χ1v) is 15.3. The van der Waals surface area contributed by atoms with Crippen molar-refractivity contribution >= 4 is 17.7 Å². The van der Waals surface area contributed by atoms with Crippen LogP contribution < -0.4 is 9.80 Å². The molecule has 1 unspecified atom stereocenters. The van der Waals surface area contributed by atoms with Crippen molar-refractivity contribution in [3.63, 3.8) is 0 Å². The second kappa shape index (κ2) is 14.4. The summed E-state index contributed by atoms with van der Waals surface area (Å²) in [6.45, 7) is 5.78. The van der Waals surface area contributed by atoms with Crippen LogP contribution in [0.5, 0.6) is 0 Å². The van der Waals surface area contributed by atoms with Crippen LogP contribution in [0, 0.1) is 11.6 Å². The van der Waals surface area contributed by atoms with Crippen molar-refractivity contribution in [2.45, 2.75) is 57.5 Å². The van der Waals surface area contributed by atoms with Gasteiger partial charge >= 0.3 is 0 Å². The van der Waals surface area contributed by atoms with Crippen molar-refractivity contribution < 1.29 is 18.7 Å². The molecule has 6 rings (SSSR count). The van der Waals surface area contributed by atoms with E-state index >= 15 is 0 Å². The van der Waals surface area contributed by atoms with Gasteiger partial charge < -0.3 is 14.9 Å². The topological polar surface area (TPSA) is 95.3 Å². The number of nitrogens with zero attached hydrogens (tertiary/aromatic N) is 6. The molecule has 1 atom stereocenters. The number of piperidine rings is 2. The number of ketones is 1. The Morgan fingerprint density at radius 3 is 1.55 bits per heavy atom. The minimum atomic E-state index is -1.20. The summed E-state index contributed by atoms with van der Waals surface area (Å²) in [4.78, 5) is 34.0. The van der Waals surface area contributed by atoms with Gasteiger partial charge in [-0.3, -0.25) is 4.79 Å². The van der Waals surface area contributed by atoms with Gasteiger partial charge in [0.2, 0.25) is 11.9 Å². The van der Waals surface area contributed by atoms with Crippen molar-refractivity contribution in [1.82, 2.24) is 19.9 Å². The fraction of sp³-hybridized carbons (Fsp3) is 0.382. The van der Waals surface area contributed by atoms with Gasteiger partial charge in [0.25, 0.3) is 0 Å². The zero-order valence-corrected chi connectivity index (χ0v) is 25.0. The maximum atomic E-state index is 13.1. The number of aliphatic hydroxyl groups is 1. The summed E-state index contributed by atoms with van der Waals surface area (Å²) in [5.41, 5.74) is 0.935. The molecule has 230 valence electrons. The Labute approximate surface area is 256 Å². The highest BCUT2D eigenvalue weighted by Crippen LogP contribution is 2.32. The van der Waals surface area contributed by atoms with Crippen LogP contribution in [-0.4, -0.2) is 57.0 Å². The Hall–Kier alpha value is -4.31. The van der Waals surface area contributed by atoms with Gasteiger partial charge in [-0.2, -0.15) is 0 Å². The molecule has 4 heterocycles. The number of carbonyl (C=O) groups excluding carboxylic acids is 1. The van der Waals surface area contributed by atoms with E-state index in [4.69, 9.17) is 0 Å². The molecule has 0 saturated carbocycles. The molecule has 1 N–H and O–H groups in total. The highest BCUT2D eigenvalue weighted by molar-refractivity contribution is 6.08. The normalized spacial score (nSPS) is 16.5. The van der Waals surface area contributed by atoms with Crippen molar-refractivity contribution in [1.29, 1.82) is 0 Å². The zero-order valence-electron chi connectivity index (χ0n) is 25.0. The molecule has 44 heavy (non-hydrogen) atoms. The Morgan fingerprint density at radius 1 is 0.659 bits per heavy atom. The Bertz CT molecular complexity index is 1490. The van der Waals surface area contributed by atoms with E-state index in [1.165, 1.54) is 62.1 Å². The third-order valence-corrected chi connectivity index (χ3v) is 8.23. The number of rotatable bonds is 7. The van der Waals surface area contributed by atoms with E-state index in [9.17, 15) is 18.7 Å². The average molecular weight is 601 g/mol. The maximum Gasteiger partial charge on any atom is 0.225 e. The standard InChI is InChI=1S/C18H22FN3O.C16H16FN3O/c1-2-18(23,14-6-8-16(19)9-7-14)15-12-20-17(21-13-15)22-10-4-3-5-11-22;17-14-6-4-12(5-7-14)15(21)13-10-18-16(19-11-13)20-8-2-1-3-9-20/h6-9,12-13,23H,2-5,10-11H2,1H3;4-7,10-11H,1-3,8-9H2. The molecule has 0 bridgehead atoms. The lowest BCUT2D eigenvalue weighted by molar-refractivity contribution is 0.0757. The monoisotopic (exact) mass is 600 g/mol. The fourth-order valence-corrected chi connectivity index (χ4v) is 5.56. The molecule has 2 aliphatic rings. The first-order valence-electron chi connectivity index (χ1n) is 15.3. The van der Waals surface area contributed by atoms with Crippen LogP contribution in [0.2, 0.25) is 0 Å². The molecule has 2 aromatic carbocycles. The van der Waals surface area contributed by atoms with Crippen LogP contribution in [0.4, 0.5) is 20.7 Å². The number of hydrogen-bond acceptors (Lipinski definition) is 8. The Kier molecular flexibility index (Phi) is 10.2. The van der Waals surface area contributed by atoms with E-state index in [0.717, 1.165) is 39.0 Å². The first kappa shape index (κ1) is 31.1. The lowest BCUT2D eigenvalue weighted by Gasteiger charge is -2.29. The van der Waals surface area contributed by atoms with Gasteiger partial charge in [0, 0.05) is 62.1 Å². The lowest BCUT2D eigenvalue weighted by Crippen LogP contribution is -2.32. The Balaban J connectivity index is 0.000000175. The van der Waals surface area contributed by atoms with Crippen LogP contribution in [0.15, 0.2) is 73.3 Å². The highest BCUT2D eigenvalue weighted by Gasteiger charge is 2.30. The Morgan fingerprint density at radius 2 is 1.09 bits per heavy atom. The lowest BCUT2D eigenvalue weighted by atomic mass is 9.86. The number of aromatic nitrogens is 4. The van der Waals surface area contributed by atoms with Gasteiger partial charge in [-0.25, -0.2) is 28.7 Å². The van der Waals surface area contributed by atoms with Gasteiger partial charge in [0.1, 0.15) is 17.2 Å². The number of benzene rings is 2. The predicted molar refractivity (Wildman–Crippen MR) is 166 cm³/mol. The van der Waals surface area contributed by atoms with E-state index in [2.05, 4.69) is 29.7 Å². The second-order valence-corrected chi connectivity index (χ2v) is 11.2. The molecule has 0 aliphatic carbocycles. The van der Waals surface area contributed by atoms with Gasteiger partial charge in [-0.05, 0) is 86.9 Å². The molecule has 2 aromatic heterocycles. The summed E-state index contributed by atoms with van der Waals surface area (Å²) < 4.78 is 26.0. The van der Waals surface area contributed by atoms with E-state index < -0.39 is 5.60 Å². The summed E-state index contributed by atoms with van der Waals surface area (Å²) in [7, 11) is 0. The summed E-state index contributed by atoms with van der Waals surface area (Å²) in [5, 5.41) is 11.0. The van der Waals surface area contributed by atoms with Gasteiger partial charge in [0.15, 0.2) is 5.78 Å². The van der Waals surface area contributed by atoms with Crippen molar-refractivity contribution in [2.24, 2.45) is 0 Å². The van der Waals surface area contributed by atoms with Crippen LogP contribution in [0.25, 0.3) is 0 Å². The van der Waals surface area contributed by atoms with Crippen molar-refractivity contribution in [3.05, 3.63) is 107 Å². The quantitative estimate of drug-likeness (QED) is 0.255. The van der Waals surface area contributed by atoms with Crippen LogP contribution in [-0.2, 0) is 5.60 Å². The molecule has 2 aliphatic heterocycles. The second-order valence-electron chi connectivity index (χ2n) is 11.2. The molecular weight excluding hydrogens is 562 g/mol. The predicted octanol–water partition coefficient (Wildman–Crippen LogP) is 6.09. The van der Waals surface area contributed by atoms with Crippen LogP contribution in [0.3, 0.4) is 0 Å². The number of halogens is 2. The van der Waals surface area contributed by atoms with E-state index in [1.807, 2.05) is 6.92 Å². The van der Waals surface area contributed by atoms with E-state index in [0.29, 0.717) is 40.6 Å². The highest BCUT2D eigenvalue weighted by atomic mass is 19.1. The molecule has 0 spiro atoms. The van der Waals surface area contributed by atoms with Gasteiger partial charge in [0.05, 0.1) is 5.56 Å². The maximum absolute atomic E-state index is 13.1. The zero-order chi connectivity index (χ0) is 30.9. The minimum absolute atomic E-state index is 0.194. The number of anilines is 2. The molecule has 4 aromatic rings. The summed E-state index contributed by atoms with van der Waals surface area (Å²) in [6, 6.07) is 11.4. The molecule has 2 fully saturated rings. The van der Waals surface area contributed by atoms with Gasteiger partial charge in [-0.15, -0.1) is 0 Å². The minimum Gasteiger partial charge on any atom is -0.380 e. The molecule has 0 amide bonds. The van der Waals surface area contributed by atoms with Crippen molar-refractivity contribution in [2.75, 3.05) is 36.0 Å². The van der Waals surface area contributed by atoms with Crippen LogP contribution >= 0.6 is 0 Å². The third kappa shape index (κ3) is 7.42. The average Bonchev–Trinajstić information content (AvgIpc) is 3.09. The fourth-order valence-electron chi connectivity index (χ4n) is 5.56. The first-order chi connectivity index (χ1) is 21.4. The molecule has 10 heteroatoms. The molecule has 8 nitrogen and oxygen atoms in total. The summed E-state index contributed by atoms with van der Waals surface area (Å²) in [5.74, 6) is 0.517. The smallest absolute Gasteiger partial charge is 0.225 e. The number of carbonyl (C=O) groups is 1. The third-order valence-electron chi connectivity index (χ3n) is 8.23. The largest absolute Gasteiger partial charge is 0.380 e. The summed E-state index contributed by atoms with van der Waals surface area (Å²) in [6.07, 6.45) is 14.1. The van der Waals surface area contributed by atoms with Crippen molar-refractivity contribution in [3.8, 4) is 0 Å². The number of hydrogen-bond donors (Lipinski definition) is 1. The SMILES string of the molecule is CCC(O)(c1ccc(F)cc1)c1cnc(N2CCCCC2)nc1.O=C(c1ccc(F)cc1)c1cnc(N2CCCCC2)nc1. The molecular formula is C34H38F2N6O2. The van der Waals surface area contributed by atoms with E-state index in [1.54, 1.807) is 36.9 Å². The van der Waals surface area contributed by atoms with Gasteiger partial charge in [-0.1, -0.05) is 19.1 Å². The summed E-state index contributed by atoms with van der Waals surface area (Å²) >= 11 is 0.